The molecule has 0 radical (unpaired) electrons. The second kappa shape index (κ2) is 5.42. The summed E-state index contributed by atoms with van der Waals surface area (Å²) in [5.74, 6) is -0.0927. The van der Waals surface area contributed by atoms with E-state index in [0.29, 0.717) is 12.1 Å². The minimum Gasteiger partial charge on any atom is -0.346 e. The fraction of sp³-hybridized carbons (Fsp3) is 0.167. The summed E-state index contributed by atoms with van der Waals surface area (Å²) in [6.45, 7) is 2.45. The Bertz CT molecular complexity index is 525. The monoisotopic (exact) mass is 310 g/mol. The molecule has 1 aromatic carbocycles. The highest BCUT2D eigenvalue weighted by Crippen LogP contribution is 2.18. The third kappa shape index (κ3) is 3.14. The molecule has 1 N–H and O–H groups in total. The normalized spacial score (nSPS) is 10.2. The van der Waals surface area contributed by atoms with Crippen LogP contribution in [-0.4, -0.2) is 10.9 Å². The molecule has 0 saturated heterocycles. The van der Waals surface area contributed by atoms with E-state index in [-0.39, 0.29) is 5.91 Å². The molecular formula is C12H11BrN2OS. The average Bonchev–Trinajstić information content (AvgIpc) is 2.78. The van der Waals surface area contributed by atoms with Crippen molar-refractivity contribution in [1.29, 1.82) is 0 Å². The lowest BCUT2D eigenvalue weighted by atomic mass is 10.1. The number of nitrogens with zero attached hydrogens (tertiary/aromatic N) is 1. The van der Waals surface area contributed by atoms with Gasteiger partial charge in [-0.05, 0) is 40.5 Å². The van der Waals surface area contributed by atoms with Crippen molar-refractivity contribution in [3.8, 4) is 0 Å². The summed E-state index contributed by atoms with van der Waals surface area (Å²) in [7, 11) is 0. The van der Waals surface area contributed by atoms with Crippen molar-refractivity contribution < 1.29 is 4.79 Å². The van der Waals surface area contributed by atoms with E-state index in [0.717, 1.165) is 15.7 Å². The van der Waals surface area contributed by atoms with E-state index in [9.17, 15) is 4.79 Å². The highest BCUT2D eigenvalue weighted by atomic mass is 79.9. The first kappa shape index (κ1) is 12.3. The van der Waals surface area contributed by atoms with E-state index in [2.05, 4.69) is 26.2 Å². The zero-order chi connectivity index (χ0) is 12.3. The van der Waals surface area contributed by atoms with E-state index >= 15 is 0 Å². The van der Waals surface area contributed by atoms with Gasteiger partial charge >= 0.3 is 0 Å². The Morgan fingerprint density at radius 1 is 1.53 bits per heavy atom. The van der Waals surface area contributed by atoms with Crippen molar-refractivity contribution in [2.24, 2.45) is 0 Å². The van der Waals surface area contributed by atoms with Crippen LogP contribution in [0, 0.1) is 6.92 Å². The van der Waals surface area contributed by atoms with Gasteiger partial charge < -0.3 is 5.32 Å². The minimum absolute atomic E-state index is 0.0927. The highest BCUT2D eigenvalue weighted by molar-refractivity contribution is 9.10. The lowest BCUT2D eigenvalue weighted by Crippen LogP contribution is -2.23. The number of aryl methyl sites for hydroxylation is 1. The quantitative estimate of drug-likeness (QED) is 0.946. The number of thiazole rings is 1. The molecule has 0 atom stereocenters. The number of aromatic nitrogens is 1. The first-order valence-corrected chi connectivity index (χ1v) is 6.82. The average molecular weight is 311 g/mol. The lowest BCUT2D eigenvalue weighted by molar-refractivity contribution is 0.0949. The number of halogens is 1. The lowest BCUT2D eigenvalue weighted by Gasteiger charge is -2.06. The predicted molar refractivity (Wildman–Crippen MR) is 72.2 cm³/mol. The van der Waals surface area contributed by atoms with Crippen LogP contribution in [0.1, 0.15) is 21.6 Å². The van der Waals surface area contributed by atoms with Crippen LogP contribution < -0.4 is 5.32 Å². The first-order chi connectivity index (χ1) is 8.16. The van der Waals surface area contributed by atoms with Crippen LogP contribution in [0.3, 0.4) is 0 Å². The van der Waals surface area contributed by atoms with Crippen LogP contribution in [0.2, 0.25) is 0 Å². The van der Waals surface area contributed by atoms with Gasteiger partial charge in [-0.1, -0.05) is 6.07 Å². The molecule has 88 valence electrons. The molecule has 0 aliphatic rings. The molecule has 0 fully saturated rings. The number of amides is 1. The Balaban J connectivity index is 2.04. The molecule has 2 rings (SSSR count). The number of hydrogen-bond acceptors (Lipinski definition) is 3. The van der Waals surface area contributed by atoms with Gasteiger partial charge in [-0.2, -0.15) is 0 Å². The zero-order valence-corrected chi connectivity index (χ0v) is 11.6. The van der Waals surface area contributed by atoms with E-state index in [1.807, 2.05) is 30.5 Å². The molecule has 2 aromatic rings. The van der Waals surface area contributed by atoms with E-state index < -0.39 is 0 Å². The second-order valence-corrected chi connectivity index (χ2v) is 5.22. The SMILES string of the molecule is Cc1ccc(C(=O)NCc2cscn2)c(Br)c1. The molecule has 1 heterocycles. The Morgan fingerprint density at radius 3 is 3.00 bits per heavy atom. The zero-order valence-electron chi connectivity index (χ0n) is 9.24. The highest BCUT2D eigenvalue weighted by Gasteiger charge is 2.09. The van der Waals surface area contributed by atoms with Crippen LogP contribution in [0.15, 0.2) is 33.6 Å². The maximum atomic E-state index is 11.9. The molecule has 3 nitrogen and oxygen atoms in total. The molecule has 1 amide bonds. The summed E-state index contributed by atoms with van der Waals surface area (Å²) in [5, 5.41) is 4.76. The summed E-state index contributed by atoms with van der Waals surface area (Å²) >= 11 is 4.91. The van der Waals surface area contributed by atoms with Crippen molar-refractivity contribution in [1.82, 2.24) is 10.3 Å². The number of carbonyl (C=O) groups excluding carboxylic acids is 1. The molecule has 0 spiro atoms. The molecule has 1 aromatic heterocycles. The molecule has 0 bridgehead atoms. The topological polar surface area (TPSA) is 42.0 Å². The molecule has 0 saturated carbocycles. The third-order valence-electron chi connectivity index (χ3n) is 2.28. The summed E-state index contributed by atoms with van der Waals surface area (Å²) < 4.78 is 0.813. The first-order valence-electron chi connectivity index (χ1n) is 5.08. The smallest absolute Gasteiger partial charge is 0.252 e. The van der Waals surface area contributed by atoms with Gasteiger partial charge in [-0.25, -0.2) is 4.98 Å². The fourth-order valence-corrected chi connectivity index (χ4v) is 2.63. The Morgan fingerprint density at radius 2 is 2.35 bits per heavy atom. The van der Waals surface area contributed by atoms with Crippen molar-refractivity contribution in [3.05, 3.63) is 50.4 Å². The van der Waals surface area contributed by atoms with E-state index in [1.54, 1.807) is 5.51 Å². The summed E-state index contributed by atoms with van der Waals surface area (Å²) in [4.78, 5) is 16.0. The van der Waals surface area contributed by atoms with Gasteiger partial charge in [0.05, 0.1) is 23.3 Å². The maximum absolute atomic E-state index is 11.9. The molecular weight excluding hydrogens is 300 g/mol. The van der Waals surface area contributed by atoms with Gasteiger partial charge in [0.15, 0.2) is 0 Å². The van der Waals surface area contributed by atoms with Crippen molar-refractivity contribution in [2.45, 2.75) is 13.5 Å². The van der Waals surface area contributed by atoms with Crippen molar-refractivity contribution in [3.63, 3.8) is 0 Å². The maximum Gasteiger partial charge on any atom is 0.252 e. The fourth-order valence-electron chi connectivity index (χ4n) is 1.40. The summed E-state index contributed by atoms with van der Waals surface area (Å²) in [6.07, 6.45) is 0. The van der Waals surface area contributed by atoms with Crippen LogP contribution >= 0.6 is 27.3 Å². The standard InChI is InChI=1S/C12H11BrN2OS/c1-8-2-3-10(11(13)4-8)12(16)14-5-9-6-17-7-15-9/h2-4,6-7H,5H2,1H3,(H,14,16). The van der Waals surface area contributed by atoms with Gasteiger partial charge in [0, 0.05) is 9.85 Å². The van der Waals surface area contributed by atoms with Crippen LogP contribution in [-0.2, 0) is 6.54 Å². The molecule has 0 unspecified atom stereocenters. The molecule has 5 heteroatoms. The molecule has 17 heavy (non-hydrogen) atoms. The van der Waals surface area contributed by atoms with Gasteiger partial charge in [0.1, 0.15) is 0 Å². The van der Waals surface area contributed by atoms with Crippen LogP contribution in [0.25, 0.3) is 0 Å². The number of rotatable bonds is 3. The largest absolute Gasteiger partial charge is 0.346 e. The number of hydrogen-bond donors (Lipinski definition) is 1. The minimum atomic E-state index is -0.0927. The Labute approximate surface area is 112 Å². The van der Waals surface area contributed by atoms with Crippen LogP contribution in [0.5, 0.6) is 0 Å². The van der Waals surface area contributed by atoms with Gasteiger partial charge in [-0.15, -0.1) is 11.3 Å². The van der Waals surface area contributed by atoms with Gasteiger partial charge in [0.25, 0.3) is 5.91 Å². The van der Waals surface area contributed by atoms with Crippen molar-refractivity contribution >= 4 is 33.2 Å². The second-order valence-electron chi connectivity index (χ2n) is 3.65. The van der Waals surface area contributed by atoms with Crippen LogP contribution in [0.4, 0.5) is 0 Å². The predicted octanol–water partition coefficient (Wildman–Crippen LogP) is 3.14. The van der Waals surface area contributed by atoms with Crippen molar-refractivity contribution in [2.75, 3.05) is 0 Å². The number of benzene rings is 1. The van der Waals surface area contributed by atoms with E-state index in [4.69, 9.17) is 0 Å². The third-order valence-corrected chi connectivity index (χ3v) is 3.57. The Hall–Kier alpha value is -1.20. The van der Waals surface area contributed by atoms with Gasteiger partial charge in [0.2, 0.25) is 0 Å². The number of nitrogens with one attached hydrogen (secondary N) is 1. The summed E-state index contributed by atoms with van der Waals surface area (Å²) in [6, 6.07) is 5.66. The Kier molecular flexibility index (Phi) is 3.91. The van der Waals surface area contributed by atoms with Gasteiger partial charge in [-0.3, -0.25) is 4.79 Å². The summed E-state index contributed by atoms with van der Waals surface area (Å²) in [5.41, 5.74) is 4.40. The number of carbonyl (C=O) groups is 1. The molecule has 0 aliphatic heterocycles. The van der Waals surface area contributed by atoms with E-state index in [1.165, 1.54) is 11.3 Å². The molecule has 0 aliphatic carbocycles.